The summed E-state index contributed by atoms with van der Waals surface area (Å²) in [6.07, 6.45) is 0.546. The minimum Gasteiger partial charge on any atom is -0.370 e. The number of ether oxygens (including phenoxy) is 1. The number of nitrogens with one attached hydrogen (secondary N) is 1. The fourth-order valence-electron chi connectivity index (χ4n) is 2.75. The van der Waals surface area contributed by atoms with Crippen molar-refractivity contribution < 1.29 is 14.3 Å². The van der Waals surface area contributed by atoms with Crippen LogP contribution in [0.5, 0.6) is 0 Å². The smallest absolute Gasteiger partial charge is 0.317 e. The number of likely N-dealkylation sites (tertiary alicyclic amines) is 1. The predicted octanol–water partition coefficient (Wildman–Crippen LogP) is 0.282. The van der Waals surface area contributed by atoms with E-state index in [0.29, 0.717) is 19.5 Å². The number of carbonyl (C=O) groups is 2. The normalized spacial score (nSPS) is 29.5. The highest BCUT2D eigenvalue weighted by atomic mass is 16.5. The molecule has 3 atom stereocenters. The molecule has 2 bridgehead atoms. The zero-order valence-corrected chi connectivity index (χ0v) is 12.0. The van der Waals surface area contributed by atoms with Crippen LogP contribution in [0, 0.1) is 5.92 Å². The van der Waals surface area contributed by atoms with E-state index in [2.05, 4.69) is 5.32 Å². The second kappa shape index (κ2) is 5.36. The molecule has 0 radical (unpaired) electrons. The van der Waals surface area contributed by atoms with Crippen molar-refractivity contribution in [2.75, 3.05) is 27.2 Å². The average molecular weight is 269 g/mol. The quantitative estimate of drug-likeness (QED) is 0.783. The molecule has 0 aliphatic carbocycles. The van der Waals surface area contributed by atoms with E-state index >= 15 is 0 Å². The van der Waals surface area contributed by atoms with Crippen LogP contribution in [0.4, 0.5) is 4.79 Å². The summed E-state index contributed by atoms with van der Waals surface area (Å²) in [5, 5.41) is 2.88. The van der Waals surface area contributed by atoms with Gasteiger partial charge in [0.2, 0.25) is 5.91 Å². The molecule has 2 aliphatic heterocycles. The van der Waals surface area contributed by atoms with Crippen LogP contribution in [0.3, 0.4) is 0 Å². The Labute approximate surface area is 114 Å². The molecule has 0 aromatic rings. The molecule has 2 fully saturated rings. The van der Waals surface area contributed by atoms with E-state index in [-0.39, 0.29) is 36.1 Å². The van der Waals surface area contributed by atoms with Crippen LogP contribution in [-0.4, -0.2) is 67.2 Å². The Morgan fingerprint density at radius 3 is 2.58 bits per heavy atom. The van der Waals surface area contributed by atoms with Crippen molar-refractivity contribution in [1.29, 1.82) is 0 Å². The van der Waals surface area contributed by atoms with Crippen molar-refractivity contribution in [3.8, 4) is 0 Å². The molecular formula is C13H23N3O3. The predicted molar refractivity (Wildman–Crippen MR) is 70.7 cm³/mol. The second-order valence-corrected chi connectivity index (χ2v) is 5.88. The fraction of sp³-hybridized carbons (Fsp3) is 0.846. The van der Waals surface area contributed by atoms with Crippen LogP contribution in [0.25, 0.3) is 0 Å². The van der Waals surface area contributed by atoms with Gasteiger partial charge >= 0.3 is 6.03 Å². The van der Waals surface area contributed by atoms with Gasteiger partial charge in [-0.25, -0.2) is 4.79 Å². The number of urea groups is 1. The summed E-state index contributed by atoms with van der Waals surface area (Å²) in [5.41, 5.74) is 0. The lowest BCUT2D eigenvalue weighted by Gasteiger charge is -2.33. The first kappa shape index (κ1) is 14.1. The van der Waals surface area contributed by atoms with Gasteiger partial charge < -0.3 is 19.9 Å². The monoisotopic (exact) mass is 269 g/mol. The molecule has 2 rings (SSSR count). The summed E-state index contributed by atoms with van der Waals surface area (Å²) in [4.78, 5) is 27.4. The van der Waals surface area contributed by atoms with Crippen LogP contribution in [-0.2, 0) is 9.53 Å². The van der Waals surface area contributed by atoms with Gasteiger partial charge in [-0.3, -0.25) is 4.79 Å². The lowest BCUT2D eigenvalue weighted by Crippen LogP contribution is -2.52. The van der Waals surface area contributed by atoms with Gasteiger partial charge in [-0.2, -0.15) is 0 Å². The maximum absolute atomic E-state index is 12.1. The van der Waals surface area contributed by atoms with Crippen LogP contribution in [0.15, 0.2) is 0 Å². The number of hydrogen-bond acceptors (Lipinski definition) is 3. The Hall–Kier alpha value is -1.30. The van der Waals surface area contributed by atoms with Gasteiger partial charge in [0.05, 0.1) is 18.1 Å². The van der Waals surface area contributed by atoms with Crippen molar-refractivity contribution >= 4 is 11.9 Å². The molecule has 1 N–H and O–H groups in total. The highest BCUT2D eigenvalue weighted by molar-refractivity contribution is 5.80. The Morgan fingerprint density at radius 2 is 2.00 bits per heavy atom. The summed E-state index contributed by atoms with van der Waals surface area (Å²) in [6, 6.07) is 0.0541. The number of fused-ring (bicyclic) bond motifs is 2. The Balaban J connectivity index is 1.99. The molecule has 6 heteroatoms. The highest BCUT2D eigenvalue weighted by Gasteiger charge is 2.46. The van der Waals surface area contributed by atoms with Crippen LogP contribution in [0.2, 0.25) is 0 Å². The molecule has 108 valence electrons. The van der Waals surface area contributed by atoms with Gasteiger partial charge in [-0.05, 0) is 20.3 Å². The molecule has 0 aromatic carbocycles. The lowest BCUT2D eigenvalue weighted by atomic mass is 9.99. The molecule has 6 nitrogen and oxygen atoms in total. The minimum absolute atomic E-state index is 0.00874. The molecule has 19 heavy (non-hydrogen) atoms. The van der Waals surface area contributed by atoms with Crippen LogP contribution < -0.4 is 5.32 Å². The average Bonchev–Trinajstić information content (AvgIpc) is 2.62. The fourth-order valence-corrected chi connectivity index (χ4v) is 2.75. The van der Waals surface area contributed by atoms with Crippen LogP contribution in [0.1, 0.15) is 20.3 Å². The van der Waals surface area contributed by atoms with Crippen molar-refractivity contribution in [2.24, 2.45) is 5.92 Å². The van der Waals surface area contributed by atoms with E-state index in [1.807, 2.05) is 13.8 Å². The van der Waals surface area contributed by atoms with Gasteiger partial charge in [0.1, 0.15) is 0 Å². The topological polar surface area (TPSA) is 61.9 Å². The molecule has 2 heterocycles. The summed E-state index contributed by atoms with van der Waals surface area (Å²) in [7, 11) is 3.52. The third-order valence-electron chi connectivity index (χ3n) is 3.61. The van der Waals surface area contributed by atoms with E-state index in [1.54, 1.807) is 23.9 Å². The molecule has 0 aromatic heterocycles. The number of carbonyl (C=O) groups excluding carboxylic acids is 2. The molecule has 2 aliphatic rings. The van der Waals surface area contributed by atoms with Gasteiger partial charge in [0, 0.05) is 33.2 Å². The maximum atomic E-state index is 12.1. The lowest BCUT2D eigenvalue weighted by molar-refractivity contribution is -0.135. The minimum atomic E-state index is -0.161. The van der Waals surface area contributed by atoms with E-state index in [4.69, 9.17) is 4.74 Å². The first-order valence-electron chi connectivity index (χ1n) is 6.80. The van der Waals surface area contributed by atoms with E-state index < -0.39 is 0 Å². The van der Waals surface area contributed by atoms with E-state index in [1.165, 1.54) is 0 Å². The van der Waals surface area contributed by atoms with E-state index in [9.17, 15) is 9.59 Å². The number of rotatable bonds is 2. The van der Waals surface area contributed by atoms with Crippen LogP contribution >= 0.6 is 0 Å². The number of hydrogen-bond donors (Lipinski definition) is 1. The Bertz CT molecular complexity index is 370. The molecule has 0 spiro atoms. The third-order valence-corrected chi connectivity index (χ3v) is 3.61. The molecule has 2 saturated heterocycles. The number of morpholine rings is 1. The molecule has 0 saturated carbocycles. The highest BCUT2D eigenvalue weighted by Crippen LogP contribution is 2.32. The SMILES string of the molecule is CC(C)NC(=O)N1C[C@H]2C[C@H](C(=O)N(C)C)[C@@H](C1)O2. The number of amides is 3. The maximum Gasteiger partial charge on any atom is 0.317 e. The van der Waals surface area contributed by atoms with Gasteiger partial charge in [0.25, 0.3) is 0 Å². The van der Waals surface area contributed by atoms with Gasteiger partial charge in [-0.1, -0.05) is 0 Å². The Morgan fingerprint density at radius 1 is 1.32 bits per heavy atom. The standard InChI is InChI=1S/C13H23N3O3/c1-8(2)14-13(18)16-6-9-5-10(11(7-16)19-9)12(17)15(3)4/h8-11H,5-7H2,1-4H3,(H,14,18)/t9-,10+,11-/m1/s1. The largest absolute Gasteiger partial charge is 0.370 e. The first-order chi connectivity index (χ1) is 8.88. The zero-order valence-electron chi connectivity index (χ0n) is 12.0. The third kappa shape index (κ3) is 3.00. The van der Waals surface area contributed by atoms with Crippen molar-refractivity contribution in [1.82, 2.24) is 15.1 Å². The summed E-state index contributed by atoms with van der Waals surface area (Å²) >= 11 is 0. The van der Waals surface area contributed by atoms with Crippen molar-refractivity contribution in [3.63, 3.8) is 0 Å². The number of nitrogens with zero attached hydrogens (tertiary/aromatic N) is 2. The van der Waals surface area contributed by atoms with Gasteiger partial charge in [0.15, 0.2) is 0 Å². The first-order valence-corrected chi connectivity index (χ1v) is 6.80. The molecule has 3 amide bonds. The zero-order chi connectivity index (χ0) is 14.2. The summed E-state index contributed by atoms with van der Waals surface area (Å²) in [6.45, 7) is 4.95. The molecule has 0 unspecified atom stereocenters. The summed E-state index contributed by atoms with van der Waals surface area (Å²) in [5.74, 6) is -0.0181. The summed E-state index contributed by atoms with van der Waals surface area (Å²) < 4.78 is 5.80. The second-order valence-electron chi connectivity index (χ2n) is 5.88. The molecular weight excluding hydrogens is 246 g/mol. The van der Waals surface area contributed by atoms with Gasteiger partial charge in [-0.15, -0.1) is 0 Å². The Kier molecular flexibility index (Phi) is 3.99. The van der Waals surface area contributed by atoms with Crippen molar-refractivity contribution in [2.45, 2.75) is 38.5 Å². The van der Waals surface area contributed by atoms with Crippen molar-refractivity contribution in [3.05, 3.63) is 0 Å². The van der Waals surface area contributed by atoms with E-state index in [0.717, 1.165) is 0 Å².